The number of halogens is 2. The van der Waals surface area contributed by atoms with Crippen LogP contribution in [-0.4, -0.2) is 25.3 Å². The highest BCUT2D eigenvalue weighted by molar-refractivity contribution is 9.10. The Bertz CT molecular complexity index is 443. The van der Waals surface area contributed by atoms with Gasteiger partial charge in [0.25, 0.3) is 0 Å². The van der Waals surface area contributed by atoms with Gasteiger partial charge in [-0.3, -0.25) is 0 Å². The summed E-state index contributed by atoms with van der Waals surface area (Å²) in [6.45, 7) is 3.02. The zero-order valence-corrected chi connectivity index (χ0v) is 13.8. The fourth-order valence-corrected chi connectivity index (χ4v) is 3.39. The van der Waals surface area contributed by atoms with Gasteiger partial charge in [0.05, 0.1) is 5.60 Å². The minimum atomic E-state index is -0.177. The monoisotopic (exact) mass is 343 g/mol. The molecule has 1 saturated carbocycles. The number of methoxy groups -OCH3 is 1. The Kier molecular flexibility index (Phi) is 5.58. The van der Waals surface area contributed by atoms with E-state index in [1.165, 1.54) is 12.5 Å². The van der Waals surface area contributed by atoms with Gasteiger partial charge in [-0.25, -0.2) is 4.39 Å². The third-order valence-corrected chi connectivity index (χ3v) is 5.06. The summed E-state index contributed by atoms with van der Waals surface area (Å²) < 4.78 is 20.1. The normalized spacial score (nSPS) is 18.6. The molecule has 1 aromatic carbocycles. The average Bonchev–Trinajstić information content (AvgIpc) is 2.38. The molecule has 0 amide bonds. The molecule has 1 N–H and O–H groups in total. The molecule has 0 bridgehead atoms. The largest absolute Gasteiger partial charge is 0.378 e. The molecule has 20 heavy (non-hydrogen) atoms. The van der Waals surface area contributed by atoms with E-state index in [9.17, 15) is 4.39 Å². The number of hydrogen-bond acceptors (Lipinski definition) is 2. The minimum absolute atomic E-state index is 0.0344. The summed E-state index contributed by atoms with van der Waals surface area (Å²) in [6, 6.07) is 5.20. The standard InChI is InChI=1S/C16H23BrFNO/c1-3-19-14(11-16(20-2)7-4-8-16)10-12-9-13(18)5-6-15(12)17/h5-6,9,14,19H,3-4,7-8,10-11H2,1-2H3. The Hall–Kier alpha value is -0.450. The fourth-order valence-electron chi connectivity index (χ4n) is 2.98. The summed E-state index contributed by atoms with van der Waals surface area (Å²) in [5.74, 6) is -0.177. The number of rotatable bonds is 7. The van der Waals surface area contributed by atoms with E-state index in [-0.39, 0.29) is 11.4 Å². The molecule has 1 fully saturated rings. The molecule has 1 aliphatic carbocycles. The summed E-state index contributed by atoms with van der Waals surface area (Å²) >= 11 is 3.51. The molecule has 2 rings (SSSR count). The molecule has 1 aliphatic rings. The topological polar surface area (TPSA) is 21.3 Å². The number of likely N-dealkylation sites (N-methyl/N-ethyl adjacent to an activating group) is 1. The second-order valence-electron chi connectivity index (χ2n) is 5.64. The number of nitrogens with one attached hydrogen (secondary N) is 1. The highest BCUT2D eigenvalue weighted by Crippen LogP contribution is 2.39. The van der Waals surface area contributed by atoms with Crippen LogP contribution in [0.2, 0.25) is 0 Å². The molecule has 0 heterocycles. The lowest BCUT2D eigenvalue weighted by atomic mass is 9.75. The van der Waals surface area contributed by atoms with E-state index in [1.54, 1.807) is 19.2 Å². The maximum absolute atomic E-state index is 13.4. The lowest BCUT2D eigenvalue weighted by Gasteiger charge is -2.43. The van der Waals surface area contributed by atoms with Crippen LogP contribution in [0.25, 0.3) is 0 Å². The second kappa shape index (κ2) is 7.01. The third-order valence-electron chi connectivity index (χ3n) is 4.28. The molecule has 0 saturated heterocycles. The Morgan fingerprint density at radius 3 is 2.75 bits per heavy atom. The fraction of sp³-hybridized carbons (Fsp3) is 0.625. The van der Waals surface area contributed by atoms with Crippen LogP contribution in [0.4, 0.5) is 4.39 Å². The first-order chi connectivity index (χ1) is 9.58. The van der Waals surface area contributed by atoms with E-state index < -0.39 is 0 Å². The maximum atomic E-state index is 13.4. The van der Waals surface area contributed by atoms with Crippen LogP contribution in [-0.2, 0) is 11.2 Å². The molecule has 1 atom stereocenters. The van der Waals surface area contributed by atoms with Crippen molar-refractivity contribution in [3.8, 4) is 0 Å². The quantitative estimate of drug-likeness (QED) is 0.805. The van der Waals surface area contributed by atoms with Crippen molar-refractivity contribution in [1.82, 2.24) is 5.32 Å². The van der Waals surface area contributed by atoms with Gasteiger partial charge in [0, 0.05) is 17.6 Å². The smallest absolute Gasteiger partial charge is 0.123 e. The zero-order valence-electron chi connectivity index (χ0n) is 12.2. The van der Waals surface area contributed by atoms with Gasteiger partial charge in [0.15, 0.2) is 0 Å². The first-order valence-corrected chi connectivity index (χ1v) is 8.10. The molecule has 0 spiro atoms. The highest BCUT2D eigenvalue weighted by atomic mass is 79.9. The van der Waals surface area contributed by atoms with Gasteiger partial charge < -0.3 is 10.1 Å². The number of hydrogen-bond donors (Lipinski definition) is 1. The van der Waals surface area contributed by atoms with Gasteiger partial charge in [0.1, 0.15) is 5.82 Å². The van der Waals surface area contributed by atoms with Crippen molar-refractivity contribution in [1.29, 1.82) is 0 Å². The van der Waals surface area contributed by atoms with Crippen molar-refractivity contribution >= 4 is 15.9 Å². The van der Waals surface area contributed by atoms with Gasteiger partial charge >= 0.3 is 0 Å². The van der Waals surface area contributed by atoms with Gasteiger partial charge in [0.2, 0.25) is 0 Å². The van der Waals surface area contributed by atoms with E-state index in [0.29, 0.717) is 6.04 Å². The Balaban J connectivity index is 2.06. The Labute approximate surface area is 129 Å². The van der Waals surface area contributed by atoms with E-state index in [0.717, 1.165) is 42.3 Å². The Morgan fingerprint density at radius 2 is 2.20 bits per heavy atom. The first kappa shape index (κ1) is 15.9. The lowest BCUT2D eigenvalue weighted by molar-refractivity contribution is -0.0833. The van der Waals surface area contributed by atoms with Gasteiger partial charge in [-0.15, -0.1) is 0 Å². The van der Waals surface area contributed by atoms with Crippen molar-refractivity contribution in [3.05, 3.63) is 34.1 Å². The van der Waals surface area contributed by atoms with Gasteiger partial charge in [-0.1, -0.05) is 22.9 Å². The van der Waals surface area contributed by atoms with Crippen molar-refractivity contribution < 1.29 is 9.13 Å². The Morgan fingerprint density at radius 1 is 1.45 bits per heavy atom. The molecule has 1 unspecified atom stereocenters. The van der Waals surface area contributed by atoms with Crippen molar-refractivity contribution in [2.45, 2.75) is 50.7 Å². The number of benzene rings is 1. The van der Waals surface area contributed by atoms with Crippen molar-refractivity contribution in [2.24, 2.45) is 0 Å². The van der Waals surface area contributed by atoms with Crippen molar-refractivity contribution in [3.63, 3.8) is 0 Å². The second-order valence-corrected chi connectivity index (χ2v) is 6.49. The molecule has 0 aliphatic heterocycles. The molecule has 112 valence electrons. The molecule has 1 aromatic rings. The predicted octanol–water partition coefficient (Wildman–Crippen LogP) is 4.07. The zero-order chi connectivity index (χ0) is 14.6. The van der Waals surface area contributed by atoms with E-state index in [1.807, 2.05) is 0 Å². The molecular weight excluding hydrogens is 321 g/mol. The van der Waals surface area contributed by atoms with Crippen LogP contribution in [0.5, 0.6) is 0 Å². The highest BCUT2D eigenvalue weighted by Gasteiger charge is 2.38. The summed E-state index contributed by atoms with van der Waals surface area (Å²) in [7, 11) is 1.81. The van der Waals surface area contributed by atoms with E-state index in [4.69, 9.17) is 4.74 Å². The average molecular weight is 344 g/mol. The summed E-state index contributed by atoms with van der Waals surface area (Å²) in [4.78, 5) is 0. The van der Waals surface area contributed by atoms with Crippen LogP contribution < -0.4 is 5.32 Å². The maximum Gasteiger partial charge on any atom is 0.123 e. The summed E-state index contributed by atoms with van der Waals surface area (Å²) in [5, 5.41) is 3.51. The van der Waals surface area contributed by atoms with Gasteiger partial charge in [-0.05, 0) is 62.4 Å². The first-order valence-electron chi connectivity index (χ1n) is 7.31. The van der Waals surface area contributed by atoms with E-state index >= 15 is 0 Å². The van der Waals surface area contributed by atoms with Gasteiger partial charge in [-0.2, -0.15) is 0 Å². The third kappa shape index (κ3) is 3.80. The summed E-state index contributed by atoms with van der Waals surface area (Å²) in [6.07, 6.45) is 5.32. The van der Waals surface area contributed by atoms with Crippen LogP contribution in [0.1, 0.15) is 38.2 Å². The van der Waals surface area contributed by atoms with Crippen molar-refractivity contribution in [2.75, 3.05) is 13.7 Å². The minimum Gasteiger partial charge on any atom is -0.378 e. The molecule has 0 radical (unpaired) electrons. The van der Waals surface area contributed by atoms with E-state index in [2.05, 4.69) is 28.2 Å². The predicted molar refractivity (Wildman–Crippen MR) is 83.5 cm³/mol. The summed E-state index contributed by atoms with van der Waals surface area (Å²) in [5.41, 5.74) is 1.05. The van der Waals surface area contributed by atoms with Crippen LogP contribution in [0.15, 0.2) is 22.7 Å². The van der Waals surface area contributed by atoms with Crippen LogP contribution >= 0.6 is 15.9 Å². The van der Waals surface area contributed by atoms with Crippen LogP contribution in [0.3, 0.4) is 0 Å². The number of ether oxygens (including phenoxy) is 1. The molecule has 2 nitrogen and oxygen atoms in total. The lowest BCUT2D eigenvalue weighted by Crippen LogP contribution is -2.46. The molecular formula is C16H23BrFNO. The molecule has 4 heteroatoms. The van der Waals surface area contributed by atoms with Crippen LogP contribution in [0, 0.1) is 5.82 Å². The molecule has 0 aromatic heterocycles. The SMILES string of the molecule is CCNC(Cc1cc(F)ccc1Br)CC1(OC)CCC1.